The van der Waals surface area contributed by atoms with Gasteiger partial charge in [0.1, 0.15) is 5.75 Å². The first-order valence-corrected chi connectivity index (χ1v) is 10.4. The smallest absolute Gasteiger partial charge is 0.265 e. The molecule has 160 valence electrons. The molecule has 1 unspecified atom stereocenters. The normalized spacial score (nSPS) is 11.6. The van der Waals surface area contributed by atoms with Crippen molar-refractivity contribution in [2.75, 3.05) is 5.32 Å². The molecule has 3 aromatic carbocycles. The maximum Gasteiger partial charge on any atom is 0.265 e. The average Bonchev–Trinajstić information content (AvgIpc) is 2.75. The van der Waals surface area contributed by atoms with E-state index in [9.17, 15) is 9.59 Å². The van der Waals surface area contributed by atoms with E-state index in [1.807, 2.05) is 68.4 Å². The molecule has 6 heteroatoms. The number of amides is 2. The van der Waals surface area contributed by atoms with Crippen LogP contribution in [0.4, 0.5) is 5.69 Å². The molecule has 2 amide bonds. The second-order valence-corrected chi connectivity index (χ2v) is 7.87. The number of nitrogens with one attached hydrogen (secondary N) is 2. The minimum atomic E-state index is -0.758. The van der Waals surface area contributed by atoms with E-state index in [0.29, 0.717) is 22.0 Å². The molecule has 0 fully saturated rings. The highest BCUT2D eigenvalue weighted by Crippen LogP contribution is 2.25. The largest absolute Gasteiger partial charge is 0.481 e. The summed E-state index contributed by atoms with van der Waals surface area (Å²) in [5.74, 6) is -0.0149. The molecule has 3 rings (SSSR count). The highest BCUT2D eigenvalue weighted by atomic mass is 35.5. The molecule has 0 aliphatic rings. The molecular weight excluding hydrogens is 412 g/mol. The van der Waals surface area contributed by atoms with Crippen LogP contribution in [0.5, 0.6) is 5.75 Å². The minimum Gasteiger partial charge on any atom is -0.481 e. The van der Waals surface area contributed by atoms with Crippen LogP contribution < -0.4 is 15.4 Å². The minimum absolute atomic E-state index is 0.00270. The van der Waals surface area contributed by atoms with Gasteiger partial charge in [0.15, 0.2) is 6.10 Å². The SMILES string of the molecule is CC(C)NC(=O)c1ccc(Cl)c(NC(=O)C(C)Oc2ccc(-c3ccccc3)cc2)c1. The van der Waals surface area contributed by atoms with E-state index in [-0.39, 0.29) is 17.9 Å². The van der Waals surface area contributed by atoms with E-state index in [1.165, 1.54) is 0 Å². The summed E-state index contributed by atoms with van der Waals surface area (Å²) in [5, 5.41) is 5.89. The summed E-state index contributed by atoms with van der Waals surface area (Å²) in [5.41, 5.74) is 2.95. The number of benzene rings is 3. The molecule has 0 radical (unpaired) electrons. The Morgan fingerprint density at radius 1 is 0.871 bits per heavy atom. The zero-order valence-electron chi connectivity index (χ0n) is 17.7. The molecule has 0 saturated heterocycles. The number of anilines is 1. The van der Waals surface area contributed by atoms with Crippen molar-refractivity contribution in [1.82, 2.24) is 5.32 Å². The maximum absolute atomic E-state index is 12.6. The van der Waals surface area contributed by atoms with Gasteiger partial charge in [0.25, 0.3) is 11.8 Å². The van der Waals surface area contributed by atoms with Crippen molar-refractivity contribution < 1.29 is 14.3 Å². The molecular formula is C25H25ClN2O3. The predicted octanol–water partition coefficient (Wildman–Crippen LogP) is 5.55. The van der Waals surface area contributed by atoms with Crippen molar-refractivity contribution in [2.45, 2.75) is 32.9 Å². The van der Waals surface area contributed by atoms with Gasteiger partial charge in [-0.1, -0.05) is 54.1 Å². The summed E-state index contributed by atoms with van der Waals surface area (Å²) in [4.78, 5) is 24.8. The topological polar surface area (TPSA) is 67.4 Å². The Morgan fingerprint density at radius 2 is 1.52 bits per heavy atom. The lowest BCUT2D eigenvalue weighted by Gasteiger charge is -2.16. The van der Waals surface area contributed by atoms with E-state index < -0.39 is 6.10 Å². The van der Waals surface area contributed by atoms with Crippen molar-refractivity contribution in [2.24, 2.45) is 0 Å². The summed E-state index contributed by atoms with van der Waals surface area (Å²) >= 11 is 6.20. The number of rotatable bonds is 7. The van der Waals surface area contributed by atoms with E-state index in [1.54, 1.807) is 25.1 Å². The standard InChI is InChI=1S/C25H25ClN2O3/c1-16(2)27-25(30)20-11-14-22(26)23(15-20)28-24(29)17(3)31-21-12-9-19(10-13-21)18-7-5-4-6-8-18/h4-17H,1-3H3,(H,27,30)(H,28,29). The molecule has 0 aliphatic carbocycles. The molecule has 0 spiro atoms. The van der Waals surface area contributed by atoms with Crippen LogP contribution in [0.2, 0.25) is 5.02 Å². The predicted molar refractivity (Wildman–Crippen MR) is 125 cm³/mol. The quantitative estimate of drug-likeness (QED) is 0.510. The highest BCUT2D eigenvalue weighted by Gasteiger charge is 2.18. The third kappa shape index (κ3) is 6.09. The molecule has 1 atom stereocenters. The third-order valence-electron chi connectivity index (χ3n) is 4.55. The number of hydrogen-bond acceptors (Lipinski definition) is 3. The van der Waals surface area contributed by atoms with E-state index >= 15 is 0 Å². The van der Waals surface area contributed by atoms with Crippen molar-refractivity contribution in [3.63, 3.8) is 0 Å². The molecule has 5 nitrogen and oxygen atoms in total. The van der Waals surface area contributed by atoms with Gasteiger partial charge in [-0.3, -0.25) is 9.59 Å². The molecule has 0 aliphatic heterocycles. The first kappa shape index (κ1) is 22.4. The lowest BCUT2D eigenvalue weighted by Crippen LogP contribution is -2.31. The van der Waals surface area contributed by atoms with Crippen LogP contribution in [0.15, 0.2) is 72.8 Å². The van der Waals surface area contributed by atoms with E-state index in [0.717, 1.165) is 11.1 Å². The second kappa shape index (κ2) is 10.1. The van der Waals surface area contributed by atoms with Gasteiger partial charge in [-0.15, -0.1) is 0 Å². The van der Waals surface area contributed by atoms with Crippen LogP contribution >= 0.6 is 11.6 Å². The Kier molecular flexibility index (Phi) is 7.32. The van der Waals surface area contributed by atoms with Gasteiger partial charge in [0, 0.05) is 11.6 Å². The number of hydrogen-bond donors (Lipinski definition) is 2. The zero-order valence-corrected chi connectivity index (χ0v) is 18.4. The number of ether oxygens (including phenoxy) is 1. The van der Waals surface area contributed by atoms with Crippen LogP contribution in [0, 0.1) is 0 Å². The number of carbonyl (C=O) groups is 2. The van der Waals surface area contributed by atoms with Gasteiger partial charge < -0.3 is 15.4 Å². The van der Waals surface area contributed by atoms with Crippen LogP contribution in [0.1, 0.15) is 31.1 Å². The van der Waals surface area contributed by atoms with Crippen molar-refractivity contribution in [1.29, 1.82) is 0 Å². The summed E-state index contributed by atoms with van der Waals surface area (Å²) in [6.07, 6.45) is -0.758. The highest BCUT2D eigenvalue weighted by molar-refractivity contribution is 6.34. The molecule has 0 bridgehead atoms. The average molecular weight is 437 g/mol. The van der Waals surface area contributed by atoms with Gasteiger partial charge in [0.2, 0.25) is 0 Å². The molecule has 0 heterocycles. The molecule has 0 aromatic heterocycles. The van der Waals surface area contributed by atoms with E-state index in [2.05, 4.69) is 10.6 Å². The van der Waals surface area contributed by atoms with Gasteiger partial charge in [-0.05, 0) is 62.2 Å². The molecule has 31 heavy (non-hydrogen) atoms. The lowest BCUT2D eigenvalue weighted by atomic mass is 10.1. The van der Waals surface area contributed by atoms with Gasteiger partial charge in [-0.25, -0.2) is 0 Å². The fraction of sp³-hybridized carbons (Fsp3) is 0.200. The van der Waals surface area contributed by atoms with Crippen LogP contribution in [0.25, 0.3) is 11.1 Å². The number of carbonyl (C=O) groups excluding carboxylic acids is 2. The van der Waals surface area contributed by atoms with Gasteiger partial charge in [-0.2, -0.15) is 0 Å². The lowest BCUT2D eigenvalue weighted by molar-refractivity contribution is -0.122. The van der Waals surface area contributed by atoms with Crippen molar-refractivity contribution in [3.05, 3.63) is 83.4 Å². The fourth-order valence-electron chi connectivity index (χ4n) is 2.96. The summed E-state index contributed by atoms with van der Waals surface area (Å²) in [7, 11) is 0. The summed E-state index contributed by atoms with van der Waals surface area (Å²) < 4.78 is 5.77. The van der Waals surface area contributed by atoms with Gasteiger partial charge in [0.05, 0.1) is 10.7 Å². The molecule has 2 N–H and O–H groups in total. The molecule has 3 aromatic rings. The van der Waals surface area contributed by atoms with Crippen LogP contribution in [-0.2, 0) is 4.79 Å². The zero-order chi connectivity index (χ0) is 22.4. The van der Waals surface area contributed by atoms with Crippen LogP contribution in [-0.4, -0.2) is 24.0 Å². The second-order valence-electron chi connectivity index (χ2n) is 7.46. The Bertz CT molecular complexity index is 1050. The Hall–Kier alpha value is -3.31. The maximum atomic E-state index is 12.6. The summed E-state index contributed by atoms with van der Waals surface area (Å²) in [6, 6.07) is 22.3. The summed E-state index contributed by atoms with van der Waals surface area (Å²) in [6.45, 7) is 5.41. The fourth-order valence-corrected chi connectivity index (χ4v) is 3.12. The first-order chi connectivity index (χ1) is 14.8. The molecule has 0 saturated carbocycles. The van der Waals surface area contributed by atoms with Gasteiger partial charge >= 0.3 is 0 Å². The van der Waals surface area contributed by atoms with E-state index in [4.69, 9.17) is 16.3 Å². The third-order valence-corrected chi connectivity index (χ3v) is 4.88. The van der Waals surface area contributed by atoms with Crippen LogP contribution in [0.3, 0.4) is 0 Å². The van der Waals surface area contributed by atoms with Crippen molar-refractivity contribution >= 4 is 29.1 Å². The Morgan fingerprint density at radius 3 is 2.16 bits per heavy atom. The van der Waals surface area contributed by atoms with Crippen molar-refractivity contribution in [3.8, 4) is 16.9 Å². The first-order valence-electron chi connectivity index (χ1n) is 10.1. The number of halogens is 1. The Labute approximate surface area is 187 Å². The Balaban J connectivity index is 1.65. The monoisotopic (exact) mass is 436 g/mol.